The molecule has 0 saturated carbocycles. The van der Waals surface area contributed by atoms with Crippen LogP contribution in [0.1, 0.15) is 54.8 Å². The van der Waals surface area contributed by atoms with Crippen LogP contribution < -0.4 is 20.7 Å². The summed E-state index contributed by atoms with van der Waals surface area (Å²) in [4.78, 5) is 25.1. The highest BCUT2D eigenvalue weighted by Gasteiger charge is 2.16. The number of carbonyl (C=O) groups excluding carboxylic acids is 2. The summed E-state index contributed by atoms with van der Waals surface area (Å²) in [5.74, 6) is 0.269. The lowest BCUT2D eigenvalue weighted by Gasteiger charge is -2.15. The van der Waals surface area contributed by atoms with Crippen LogP contribution in [0.2, 0.25) is 0 Å². The minimum absolute atomic E-state index is 0.0850. The summed E-state index contributed by atoms with van der Waals surface area (Å²) in [5.41, 5.74) is 1.49. The molecule has 31 heavy (non-hydrogen) atoms. The topological polar surface area (TPSA) is 79.5 Å². The number of anilines is 1. The predicted octanol–water partition coefficient (Wildman–Crippen LogP) is 5.14. The maximum absolute atomic E-state index is 12.8. The van der Waals surface area contributed by atoms with E-state index in [0.717, 1.165) is 10.9 Å². The van der Waals surface area contributed by atoms with Crippen molar-refractivity contribution in [1.29, 1.82) is 0 Å². The molecule has 3 N–H and O–H groups in total. The zero-order valence-corrected chi connectivity index (χ0v) is 20.5. The van der Waals surface area contributed by atoms with E-state index in [9.17, 15) is 9.59 Å². The van der Waals surface area contributed by atoms with Gasteiger partial charge in [-0.05, 0) is 67.9 Å². The standard InChI is InChI=1S/C23H28BrN3O3S/c1-5-15(4)25-21(28)16-7-6-8-18(11-16)26-23(31)27-22(29)19-12-17(24)9-10-20(19)30-13-14(2)3/h6-12,14-15H,5,13H2,1-4H3,(H,25,28)(H2,26,27,29,31). The van der Waals surface area contributed by atoms with Gasteiger partial charge >= 0.3 is 0 Å². The molecule has 0 spiro atoms. The first-order valence-corrected chi connectivity index (χ1v) is 11.3. The van der Waals surface area contributed by atoms with Crippen molar-refractivity contribution >= 4 is 50.8 Å². The van der Waals surface area contributed by atoms with Gasteiger partial charge in [0.1, 0.15) is 5.75 Å². The molecule has 0 saturated heterocycles. The van der Waals surface area contributed by atoms with Gasteiger partial charge in [0, 0.05) is 21.8 Å². The highest BCUT2D eigenvalue weighted by molar-refractivity contribution is 9.10. The van der Waals surface area contributed by atoms with Crippen LogP contribution >= 0.6 is 28.1 Å². The van der Waals surface area contributed by atoms with Crippen LogP contribution in [0.25, 0.3) is 0 Å². The van der Waals surface area contributed by atoms with Crippen molar-refractivity contribution in [1.82, 2.24) is 10.6 Å². The van der Waals surface area contributed by atoms with Gasteiger partial charge in [-0.3, -0.25) is 14.9 Å². The molecule has 166 valence electrons. The average Bonchev–Trinajstić information content (AvgIpc) is 2.72. The number of nitrogens with one attached hydrogen (secondary N) is 3. The van der Waals surface area contributed by atoms with Crippen molar-refractivity contribution in [3.63, 3.8) is 0 Å². The molecule has 0 bridgehead atoms. The van der Waals surface area contributed by atoms with E-state index >= 15 is 0 Å². The predicted molar refractivity (Wildman–Crippen MR) is 132 cm³/mol. The number of ether oxygens (including phenoxy) is 1. The zero-order valence-electron chi connectivity index (χ0n) is 18.1. The second-order valence-electron chi connectivity index (χ2n) is 7.62. The Morgan fingerprint density at radius 2 is 1.84 bits per heavy atom. The minimum atomic E-state index is -0.386. The maximum Gasteiger partial charge on any atom is 0.261 e. The molecule has 1 atom stereocenters. The fraction of sp³-hybridized carbons (Fsp3) is 0.348. The Bertz CT molecular complexity index is 949. The number of halogens is 1. The number of amides is 2. The Labute approximate surface area is 197 Å². The average molecular weight is 506 g/mol. The van der Waals surface area contributed by atoms with Crippen molar-refractivity contribution in [3.05, 3.63) is 58.1 Å². The smallest absolute Gasteiger partial charge is 0.261 e. The second kappa shape index (κ2) is 11.8. The summed E-state index contributed by atoms with van der Waals surface area (Å²) in [6, 6.07) is 12.3. The van der Waals surface area contributed by atoms with Gasteiger partial charge in [-0.25, -0.2) is 0 Å². The molecule has 0 radical (unpaired) electrons. The van der Waals surface area contributed by atoms with Gasteiger partial charge in [-0.1, -0.05) is 42.8 Å². The van der Waals surface area contributed by atoms with Crippen molar-refractivity contribution in [2.75, 3.05) is 11.9 Å². The van der Waals surface area contributed by atoms with Crippen LogP contribution in [0.4, 0.5) is 5.69 Å². The Balaban J connectivity index is 2.06. The van der Waals surface area contributed by atoms with Crippen molar-refractivity contribution in [2.24, 2.45) is 5.92 Å². The molecule has 0 aliphatic heterocycles. The van der Waals surface area contributed by atoms with Gasteiger partial charge in [0.25, 0.3) is 11.8 Å². The van der Waals surface area contributed by atoms with Gasteiger partial charge in [0.15, 0.2) is 5.11 Å². The van der Waals surface area contributed by atoms with Crippen molar-refractivity contribution < 1.29 is 14.3 Å². The summed E-state index contributed by atoms with van der Waals surface area (Å²) in [5, 5.41) is 8.67. The van der Waals surface area contributed by atoms with Crippen LogP contribution in [0.15, 0.2) is 46.9 Å². The van der Waals surface area contributed by atoms with Gasteiger partial charge in [0.05, 0.1) is 12.2 Å². The first-order chi connectivity index (χ1) is 14.7. The van der Waals surface area contributed by atoms with Gasteiger partial charge < -0.3 is 15.4 Å². The molecule has 8 heteroatoms. The Hall–Kier alpha value is -2.45. The molecule has 0 aliphatic carbocycles. The maximum atomic E-state index is 12.8. The summed E-state index contributed by atoms with van der Waals surface area (Å²) in [6.07, 6.45) is 0.846. The van der Waals surface area contributed by atoms with Crippen LogP contribution in [-0.2, 0) is 0 Å². The largest absolute Gasteiger partial charge is 0.492 e. The monoisotopic (exact) mass is 505 g/mol. The van der Waals surface area contributed by atoms with Gasteiger partial charge in [0.2, 0.25) is 0 Å². The van der Waals surface area contributed by atoms with Crippen LogP contribution in [0.5, 0.6) is 5.75 Å². The van der Waals surface area contributed by atoms with E-state index in [2.05, 4.69) is 31.9 Å². The minimum Gasteiger partial charge on any atom is -0.492 e. The Kier molecular flexibility index (Phi) is 9.45. The Morgan fingerprint density at radius 1 is 1.10 bits per heavy atom. The number of benzene rings is 2. The van der Waals surface area contributed by atoms with Gasteiger partial charge in [-0.15, -0.1) is 0 Å². The normalized spacial score (nSPS) is 11.5. The van der Waals surface area contributed by atoms with Crippen molar-refractivity contribution in [2.45, 2.75) is 40.2 Å². The van der Waals surface area contributed by atoms with Gasteiger partial charge in [-0.2, -0.15) is 0 Å². The number of rotatable bonds is 8. The molecule has 1 unspecified atom stereocenters. The fourth-order valence-corrected chi connectivity index (χ4v) is 3.11. The number of thiocarbonyl (C=S) groups is 1. The lowest BCUT2D eigenvalue weighted by Crippen LogP contribution is -2.34. The second-order valence-corrected chi connectivity index (χ2v) is 8.94. The fourth-order valence-electron chi connectivity index (χ4n) is 2.54. The summed E-state index contributed by atoms with van der Waals surface area (Å²) < 4.78 is 6.53. The molecular weight excluding hydrogens is 478 g/mol. The zero-order chi connectivity index (χ0) is 23.0. The molecule has 0 aromatic heterocycles. The van der Waals surface area contributed by atoms with Crippen molar-refractivity contribution in [3.8, 4) is 5.75 Å². The lowest BCUT2D eigenvalue weighted by molar-refractivity contribution is 0.0937. The molecule has 0 heterocycles. The first-order valence-electron chi connectivity index (χ1n) is 10.1. The molecule has 6 nitrogen and oxygen atoms in total. The van der Waals surface area contributed by atoms with E-state index in [-0.39, 0.29) is 23.0 Å². The first kappa shape index (κ1) is 24.8. The molecule has 0 fully saturated rings. The van der Waals surface area contributed by atoms with E-state index in [1.165, 1.54) is 0 Å². The third kappa shape index (κ3) is 7.95. The summed E-state index contributed by atoms with van der Waals surface area (Å²) in [6.45, 7) is 8.53. The van der Waals surface area contributed by atoms with E-state index in [1.54, 1.807) is 36.4 Å². The molecule has 2 aromatic rings. The van der Waals surface area contributed by atoms with Crippen LogP contribution in [-0.4, -0.2) is 29.6 Å². The quantitative estimate of drug-likeness (QED) is 0.432. The Morgan fingerprint density at radius 3 is 2.52 bits per heavy atom. The van der Waals surface area contributed by atoms with Crippen LogP contribution in [0.3, 0.4) is 0 Å². The number of hydrogen-bond acceptors (Lipinski definition) is 4. The molecule has 2 aromatic carbocycles. The number of carbonyl (C=O) groups is 2. The third-order valence-corrected chi connectivity index (χ3v) is 5.06. The number of hydrogen-bond donors (Lipinski definition) is 3. The molecule has 0 aliphatic rings. The molecule has 2 rings (SSSR count). The highest BCUT2D eigenvalue weighted by Crippen LogP contribution is 2.24. The van der Waals surface area contributed by atoms with E-state index < -0.39 is 0 Å². The molecule has 2 amide bonds. The van der Waals surface area contributed by atoms with Crippen LogP contribution in [0, 0.1) is 5.92 Å². The van der Waals surface area contributed by atoms with E-state index in [1.807, 2.05) is 33.8 Å². The summed E-state index contributed by atoms with van der Waals surface area (Å²) >= 11 is 8.68. The van der Waals surface area contributed by atoms with E-state index in [4.69, 9.17) is 17.0 Å². The summed E-state index contributed by atoms with van der Waals surface area (Å²) in [7, 11) is 0. The highest BCUT2D eigenvalue weighted by atomic mass is 79.9. The SMILES string of the molecule is CCC(C)NC(=O)c1cccc(NC(=S)NC(=O)c2cc(Br)ccc2OCC(C)C)c1. The third-order valence-electron chi connectivity index (χ3n) is 4.36. The lowest BCUT2D eigenvalue weighted by atomic mass is 10.1. The molecular formula is C23H28BrN3O3S. The van der Waals surface area contributed by atoms with E-state index in [0.29, 0.717) is 35.1 Å².